The number of hydrogen-bond donors (Lipinski definition) is 0. The number of nitrogens with zero attached hydrogens (tertiary/aromatic N) is 1. The van der Waals surface area contributed by atoms with E-state index in [-0.39, 0.29) is 5.78 Å². The van der Waals surface area contributed by atoms with Gasteiger partial charge < -0.3 is 14.4 Å². The second kappa shape index (κ2) is 4.11. The van der Waals surface area contributed by atoms with E-state index in [1.807, 2.05) is 14.1 Å². The average molecular weight is 199 g/mol. The van der Waals surface area contributed by atoms with Crippen molar-refractivity contribution in [2.45, 2.75) is 25.7 Å². The minimum absolute atomic E-state index is 0.0516. The zero-order valence-electron chi connectivity index (χ0n) is 9.11. The fraction of sp³-hybridized carbons (Fsp3) is 0.700. The SMILES string of the molecule is CN(C)C=CC(=O)[C@H]1COC(C)(C)O1. The molecule has 0 aromatic carbocycles. The highest BCUT2D eigenvalue weighted by Gasteiger charge is 2.35. The largest absolute Gasteiger partial charge is 0.383 e. The minimum atomic E-state index is -0.633. The number of carbonyl (C=O) groups excluding carboxylic acids is 1. The van der Waals surface area contributed by atoms with E-state index in [4.69, 9.17) is 9.47 Å². The van der Waals surface area contributed by atoms with E-state index in [2.05, 4.69) is 0 Å². The second-order valence-electron chi connectivity index (χ2n) is 4.00. The van der Waals surface area contributed by atoms with E-state index in [0.29, 0.717) is 6.61 Å². The molecular formula is C10H17NO3. The monoisotopic (exact) mass is 199 g/mol. The van der Waals surface area contributed by atoms with Gasteiger partial charge in [-0.05, 0) is 19.9 Å². The van der Waals surface area contributed by atoms with Gasteiger partial charge in [0.25, 0.3) is 0 Å². The lowest BCUT2D eigenvalue weighted by Crippen LogP contribution is -2.25. The third kappa shape index (κ3) is 3.12. The van der Waals surface area contributed by atoms with Crippen molar-refractivity contribution in [2.75, 3.05) is 20.7 Å². The Morgan fingerprint density at radius 2 is 2.14 bits per heavy atom. The molecule has 1 atom stereocenters. The summed E-state index contributed by atoms with van der Waals surface area (Å²) in [6, 6.07) is 0. The van der Waals surface area contributed by atoms with Gasteiger partial charge in [0.15, 0.2) is 11.6 Å². The molecule has 1 saturated heterocycles. The highest BCUT2D eigenvalue weighted by molar-refractivity contribution is 5.93. The van der Waals surface area contributed by atoms with Gasteiger partial charge in [0.2, 0.25) is 0 Å². The van der Waals surface area contributed by atoms with Crippen molar-refractivity contribution in [1.82, 2.24) is 4.90 Å². The van der Waals surface area contributed by atoms with Crippen molar-refractivity contribution in [3.8, 4) is 0 Å². The van der Waals surface area contributed by atoms with Crippen LogP contribution in [0.2, 0.25) is 0 Å². The first-order valence-electron chi connectivity index (χ1n) is 4.61. The summed E-state index contributed by atoms with van der Waals surface area (Å²) in [5, 5.41) is 0. The molecule has 1 fully saturated rings. The van der Waals surface area contributed by atoms with Crippen molar-refractivity contribution in [3.63, 3.8) is 0 Å². The van der Waals surface area contributed by atoms with Gasteiger partial charge in [-0.3, -0.25) is 4.79 Å². The summed E-state index contributed by atoms with van der Waals surface area (Å²) in [7, 11) is 3.72. The molecule has 0 bridgehead atoms. The maximum absolute atomic E-state index is 11.5. The third-order valence-electron chi connectivity index (χ3n) is 1.86. The lowest BCUT2D eigenvalue weighted by Gasteiger charge is -2.15. The van der Waals surface area contributed by atoms with Crippen LogP contribution in [0.1, 0.15) is 13.8 Å². The van der Waals surface area contributed by atoms with Crippen molar-refractivity contribution in [2.24, 2.45) is 0 Å². The molecule has 0 aromatic rings. The summed E-state index contributed by atoms with van der Waals surface area (Å²) in [5.74, 6) is -0.684. The fourth-order valence-corrected chi connectivity index (χ4v) is 1.16. The highest BCUT2D eigenvalue weighted by Crippen LogP contribution is 2.22. The lowest BCUT2D eigenvalue weighted by atomic mass is 10.2. The molecule has 0 aromatic heterocycles. The summed E-state index contributed by atoms with van der Waals surface area (Å²) in [5.41, 5.74) is 0. The third-order valence-corrected chi connectivity index (χ3v) is 1.86. The fourth-order valence-electron chi connectivity index (χ4n) is 1.16. The Bertz CT molecular complexity index is 246. The first-order chi connectivity index (χ1) is 6.41. The van der Waals surface area contributed by atoms with Crippen LogP contribution in [0.4, 0.5) is 0 Å². The molecule has 14 heavy (non-hydrogen) atoms. The summed E-state index contributed by atoms with van der Waals surface area (Å²) in [4.78, 5) is 13.3. The van der Waals surface area contributed by atoms with E-state index in [1.54, 1.807) is 24.9 Å². The van der Waals surface area contributed by atoms with Crippen LogP contribution in [-0.4, -0.2) is 43.3 Å². The lowest BCUT2D eigenvalue weighted by molar-refractivity contribution is -0.149. The first kappa shape index (κ1) is 11.2. The minimum Gasteiger partial charge on any atom is -0.383 e. The molecule has 0 unspecified atom stereocenters. The predicted octanol–water partition coefficient (Wildman–Crippen LogP) is 0.782. The molecule has 0 aliphatic carbocycles. The molecular weight excluding hydrogens is 182 g/mol. The number of ether oxygens (including phenoxy) is 2. The van der Waals surface area contributed by atoms with Crippen molar-refractivity contribution in [1.29, 1.82) is 0 Å². The van der Waals surface area contributed by atoms with Crippen LogP contribution < -0.4 is 0 Å². The van der Waals surface area contributed by atoms with Gasteiger partial charge in [-0.1, -0.05) is 0 Å². The van der Waals surface area contributed by atoms with Crippen molar-refractivity contribution < 1.29 is 14.3 Å². The molecule has 4 nitrogen and oxygen atoms in total. The Morgan fingerprint density at radius 1 is 1.50 bits per heavy atom. The van der Waals surface area contributed by atoms with Crippen LogP contribution in [0.3, 0.4) is 0 Å². The van der Waals surface area contributed by atoms with Gasteiger partial charge in [0, 0.05) is 20.3 Å². The molecule has 0 N–H and O–H groups in total. The molecule has 0 spiro atoms. The van der Waals surface area contributed by atoms with E-state index in [0.717, 1.165) is 0 Å². The van der Waals surface area contributed by atoms with E-state index in [1.165, 1.54) is 6.08 Å². The number of rotatable bonds is 3. The Hall–Kier alpha value is -0.870. The molecule has 80 valence electrons. The standard InChI is InChI=1S/C10H17NO3/c1-10(2)13-7-9(14-10)8(12)5-6-11(3)4/h5-6,9H,7H2,1-4H3/t9-/m1/s1. The second-order valence-corrected chi connectivity index (χ2v) is 4.00. The Balaban J connectivity index is 2.48. The summed E-state index contributed by atoms with van der Waals surface area (Å²) >= 11 is 0. The first-order valence-corrected chi connectivity index (χ1v) is 4.61. The zero-order valence-corrected chi connectivity index (χ0v) is 9.11. The molecule has 0 saturated carbocycles. The average Bonchev–Trinajstić information content (AvgIpc) is 2.41. The van der Waals surface area contributed by atoms with Crippen molar-refractivity contribution >= 4 is 5.78 Å². The highest BCUT2D eigenvalue weighted by atomic mass is 16.7. The number of ketones is 1. The van der Waals surface area contributed by atoms with Gasteiger partial charge in [0.05, 0.1) is 6.61 Å². The topological polar surface area (TPSA) is 38.8 Å². The molecule has 1 aliphatic heterocycles. The summed E-state index contributed by atoms with van der Waals surface area (Å²) in [6.07, 6.45) is 2.76. The van der Waals surface area contributed by atoms with Crippen LogP contribution in [0.25, 0.3) is 0 Å². The quantitative estimate of drug-likeness (QED) is 0.630. The van der Waals surface area contributed by atoms with Gasteiger partial charge in [-0.25, -0.2) is 0 Å². The Labute approximate surface area is 84.5 Å². The van der Waals surface area contributed by atoms with Crippen LogP contribution in [0.5, 0.6) is 0 Å². The van der Waals surface area contributed by atoms with Crippen molar-refractivity contribution in [3.05, 3.63) is 12.3 Å². The normalized spacial score (nSPS) is 25.6. The predicted molar refractivity (Wildman–Crippen MR) is 52.7 cm³/mol. The molecule has 1 heterocycles. The van der Waals surface area contributed by atoms with Gasteiger partial charge in [0.1, 0.15) is 6.10 Å². The summed E-state index contributed by atoms with van der Waals surface area (Å²) in [6.45, 7) is 3.94. The van der Waals surface area contributed by atoms with Crippen LogP contribution in [0.15, 0.2) is 12.3 Å². The van der Waals surface area contributed by atoms with Crippen LogP contribution in [-0.2, 0) is 14.3 Å². The van der Waals surface area contributed by atoms with Crippen LogP contribution in [0, 0.1) is 0 Å². The molecule has 1 aliphatic rings. The van der Waals surface area contributed by atoms with Gasteiger partial charge in [-0.2, -0.15) is 0 Å². The van der Waals surface area contributed by atoms with Crippen LogP contribution >= 0.6 is 0 Å². The van der Waals surface area contributed by atoms with E-state index in [9.17, 15) is 4.79 Å². The molecule has 0 amide bonds. The molecule has 4 heteroatoms. The number of hydrogen-bond acceptors (Lipinski definition) is 4. The Morgan fingerprint density at radius 3 is 2.57 bits per heavy atom. The number of carbonyl (C=O) groups is 1. The maximum Gasteiger partial charge on any atom is 0.188 e. The van der Waals surface area contributed by atoms with Gasteiger partial charge >= 0.3 is 0 Å². The van der Waals surface area contributed by atoms with E-state index >= 15 is 0 Å². The zero-order chi connectivity index (χ0) is 10.8. The Kier molecular flexibility index (Phi) is 3.29. The molecule has 0 radical (unpaired) electrons. The maximum atomic E-state index is 11.5. The molecule has 1 rings (SSSR count). The van der Waals surface area contributed by atoms with E-state index < -0.39 is 11.9 Å². The smallest absolute Gasteiger partial charge is 0.188 e. The van der Waals surface area contributed by atoms with Gasteiger partial charge in [-0.15, -0.1) is 0 Å². The summed E-state index contributed by atoms with van der Waals surface area (Å²) < 4.78 is 10.7.